The minimum absolute atomic E-state index is 0.0133. The number of nitrogens with one attached hydrogen (secondary N) is 2. The second-order valence-corrected chi connectivity index (χ2v) is 9.08. The van der Waals surface area contributed by atoms with Crippen LogP contribution in [0.25, 0.3) is 16.8 Å². The van der Waals surface area contributed by atoms with Crippen LogP contribution in [0.15, 0.2) is 29.0 Å². The van der Waals surface area contributed by atoms with Crippen molar-refractivity contribution in [3.63, 3.8) is 0 Å². The molecule has 0 aromatic carbocycles. The molecule has 0 amide bonds. The molecule has 0 bridgehead atoms. The van der Waals surface area contributed by atoms with Crippen molar-refractivity contribution in [2.45, 2.75) is 44.4 Å². The van der Waals surface area contributed by atoms with Gasteiger partial charge in [0.15, 0.2) is 0 Å². The summed E-state index contributed by atoms with van der Waals surface area (Å²) in [5.74, 6) is 0.183. The molecule has 0 saturated carbocycles. The van der Waals surface area contributed by atoms with Crippen molar-refractivity contribution < 1.29 is 17.9 Å². The molecular formula is C20H22BrF3N6O. The van der Waals surface area contributed by atoms with Crippen molar-refractivity contribution >= 4 is 27.4 Å². The van der Waals surface area contributed by atoms with Gasteiger partial charge < -0.3 is 15.4 Å². The number of piperidine rings is 1. The van der Waals surface area contributed by atoms with Crippen molar-refractivity contribution in [3.05, 3.63) is 34.6 Å². The van der Waals surface area contributed by atoms with Gasteiger partial charge in [-0.1, -0.05) is 0 Å². The highest BCUT2D eigenvalue weighted by Crippen LogP contribution is 2.41. The first-order valence-electron chi connectivity index (χ1n) is 9.75. The molecule has 1 aliphatic rings. The van der Waals surface area contributed by atoms with Crippen LogP contribution >= 0.6 is 15.9 Å². The summed E-state index contributed by atoms with van der Waals surface area (Å²) in [7, 11) is 1.36. The maximum absolute atomic E-state index is 13.8. The quantitative estimate of drug-likeness (QED) is 0.550. The average molecular weight is 499 g/mol. The van der Waals surface area contributed by atoms with E-state index < -0.39 is 11.7 Å². The third-order valence-electron chi connectivity index (χ3n) is 5.36. The Morgan fingerprint density at radius 2 is 2.10 bits per heavy atom. The first kappa shape index (κ1) is 21.8. The minimum Gasteiger partial charge on any atom is -0.479 e. The lowest BCUT2D eigenvalue weighted by Gasteiger charge is -2.36. The van der Waals surface area contributed by atoms with Crippen molar-refractivity contribution in [2.24, 2.45) is 0 Å². The van der Waals surface area contributed by atoms with Gasteiger partial charge in [0.2, 0.25) is 11.8 Å². The molecule has 0 aliphatic carbocycles. The van der Waals surface area contributed by atoms with Crippen LogP contribution in [0.2, 0.25) is 0 Å². The van der Waals surface area contributed by atoms with E-state index in [1.54, 1.807) is 18.3 Å². The number of hydrogen-bond acceptors (Lipinski definition) is 6. The van der Waals surface area contributed by atoms with Gasteiger partial charge in [0.1, 0.15) is 5.56 Å². The summed E-state index contributed by atoms with van der Waals surface area (Å²) in [6, 6.07) is 3.40. The van der Waals surface area contributed by atoms with E-state index in [1.807, 2.05) is 0 Å². The number of alkyl halides is 3. The number of ether oxygens (including phenoxy) is 1. The summed E-state index contributed by atoms with van der Waals surface area (Å²) >= 11 is 3.34. The van der Waals surface area contributed by atoms with Crippen molar-refractivity contribution in [1.82, 2.24) is 24.9 Å². The van der Waals surface area contributed by atoms with Crippen LogP contribution in [0.1, 0.15) is 32.3 Å². The molecule has 2 N–H and O–H groups in total. The number of nitrogens with zero attached hydrogens (tertiary/aromatic N) is 4. The smallest absolute Gasteiger partial charge is 0.420 e. The van der Waals surface area contributed by atoms with Crippen LogP contribution in [0, 0.1) is 0 Å². The number of rotatable bonds is 4. The minimum atomic E-state index is -4.64. The Balaban J connectivity index is 1.79. The molecule has 0 unspecified atom stereocenters. The predicted octanol–water partition coefficient (Wildman–Crippen LogP) is 4.52. The van der Waals surface area contributed by atoms with E-state index >= 15 is 0 Å². The maximum Gasteiger partial charge on any atom is 0.420 e. The zero-order chi connectivity index (χ0) is 22.4. The molecule has 7 nitrogen and oxygen atoms in total. The molecule has 1 fully saturated rings. The number of anilines is 1. The van der Waals surface area contributed by atoms with Gasteiger partial charge in [-0.3, -0.25) is 0 Å². The van der Waals surface area contributed by atoms with Crippen LogP contribution in [-0.4, -0.2) is 44.8 Å². The first-order chi connectivity index (χ1) is 14.6. The van der Waals surface area contributed by atoms with Crippen molar-refractivity contribution in [1.29, 1.82) is 0 Å². The van der Waals surface area contributed by atoms with Crippen LogP contribution in [-0.2, 0) is 6.18 Å². The highest BCUT2D eigenvalue weighted by Gasteiger charge is 2.37. The third-order valence-corrected chi connectivity index (χ3v) is 5.83. The van der Waals surface area contributed by atoms with Gasteiger partial charge in [-0.05, 0) is 54.8 Å². The fourth-order valence-electron chi connectivity index (χ4n) is 3.65. The summed E-state index contributed by atoms with van der Waals surface area (Å²) in [5.41, 5.74) is -0.587. The van der Waals surface area contributed by atoms with Crippen molar-refractivity contribution in [2.75, 3.05) is 19.0 Å². The molecule has 11 heteroatoms. The van der Waals surface area contributed by atoms with E-state index in [1.165, 1.54) is 11.6 Å². The zero-order valence-electron chi connectivity index (χ0n) is 17.2. The van der Waals surface area contributed by atoms with Crippen LogP contribution in [0.3, 0.4) is 0 Å². The highest BCUT2D eigenvalue weighted by molar-refractivity contribution is 9.10. The van der Waals surface area contributed by atoms with E-state index in [4.69, 9.17) is 4.74 Å². The summed E-state index contributed by atoms with van der Waals surface area (Å²) < 4.78 is 49.0. The zero-order valence-corrected chi connectivity index (χ0v) is 18.8. The number of aromatic nitrogens is 4. The monoisotopic (exact) mass is 498 g/mol. The lowest BCUT2D eigenvalue weighted by atomic mass is 9.91. The van der Waals surface area contributed by atoms with Gasteiger partial charge >= 0.3 is 6.18 Å². The van der Waals surface area contributed by atoms with Gasteiger partial charge in [-0.2, -0.15) is 13.2 Å². The average Bonchev–Trinajstić information content (AvgIpc) is 3.06. The Bertz CT molecular complexity index is 1100. The molecule has 1 saturated heterocycles. The molecule has 1 aliphatic heterocycles. The van der Waals surface area contributed by atoms with Crippen LogP contribution in [0.4, 0.5) is 19.1 Å². The Morgan fingerprint density at radius 1 is 1.32 bits per heavy atom. The number of hydrogen-bond donors (Lipinski definition) is 2. The number of pyridine rings is 1. The van der Waals surface area contributed by atoms with E-state index in [-0.39, 0.29) is 34.7 Å². The predicted molar refractivity (Wildman–Crippen MR) is 114 cm³/mol. The Morgan fingerprint density at radius 3 is 2.74 bits per heavy atom. The van der Waals surface area contributed by atoms with E-state index in [2.05, 4.69) is 55.5 Å². The lowest BCUT2D eigenvalue weighted by molar-refractivity contribution is -0.137. The standard InChI is InChI=1S/C20H22BrF3N6O/c1-19(2)7-6-12(8-26-19)27-18-25-9-13(20(22,23)24)16(28-18)15-14-5-4-11(21)10-30(14)29-17(15)31-3/h4-5,9-10,12,26H,6-8H2,1-3H3,(H,25,27,28)/t12-/m0/s1. The summed E-state index contributed by atoms with van der Waals surface area (Å²) in [4.78, 5) is 8.23. The SMILES string of the molecule is COc1nn2cc(Br)ccc2c1-c1nc(N[C@H]2CCC(C)(C)NC2)ncc1C(F)(F)F. The Labute approximate surface area is 185 Å². The van der Waals surface area contributed by atoms with E-state index in [0.717, 1.165) is 23.5 Å². The number of fused-ring (bicyclic) bond motifs is 1. The molecule has 3 aromatic heterocycles. The fourth-order valence-corrected chi connectivity index (χ4v) is 3.97. The second-order valence-electron chi connectivity index (χ2n) is 8.16. The normalized spacial score (nSPS) is 18.9. The van der Waals surface area contributed by atoms with Gasteiger partial charge in [-0.15, -0.1) is 5.10 Å². The molecule has 0 radical (unpaired) electrons. The molecule has 3 aromatic rings. The Hall–Kier alpha value is -2.40. The molecule has 166 valence electrons. The van der Waals surface area contributed by atoms with E-state index in [0.29, 0.717) is 12.1 Å². The number of halogens is 4. The Kier molecular flexibility index (Phi) is 5.59. The molecule has 4 rings (SSSR count). The topological polar surface area (TPSA) is 76.4 Å². The summed E-state index contributed by atoms with van der Waals surface area (Å²) in [5, 5.41) is 10.8. The first-order valence-corrected chi connectivity index (χ1v) is 10.5. The van der Waals surface area contributed by atoms with Gasteiger partial charge in [0, 0.05) is 35.0 Å². The van der Waals surface area contributed by atoms with Crippen LogP contribution in [0.5, 0.6) is 5.88 Å². The van der Waals surface area contributed by atoms with Gasteiger partial charge in [-0.25, -0.2) is 14.5 Å². The molecule has 1 atom stereocenters. The summed E-state index contributed by atoms with van der Waals surface area (Å²) in [6.07, 6.45) is -0.404. The highest BCUT2D eigenvalue weighted by atomic mass is 79.9. The van der Waals surface area contributed by atoms with Crippen LogP contribution < -0.4 is 15.4 Å². The molecule has 4 heterocycles. The third kappa shape index (κ3) is 4.47. The van der Waals surface area contributed by atoms with Crippen molar-refractivity contribution in [3.8, 4) is 17.1 Å². The second kappa shape index (κ2) is 7.94. The molecular weight excluding hydrogens is 477 g/mol. The largest absolute Gasteiger partial charge is 0.479 e. The maximum atomic E-state index is 13.8. The van der Waals surface area contributed by atoms with Gasteiger partial charge in [0.25, 0.3) is 0 Å². The number of methoxy groups -OCH3 is 1. The summed E-state index contributed by atoms with van der Waals surface area (Å²) in [6.45, 7) is 4.90. The molecule has 0 spiro atoms. The van der Waals surface area contributed by atoms with Gasteiger partial charge in [0.05, 0.1) is 23.9 Å². The van der Waals surface area contributed by atoms with E-state index in [9.17, 15) is 13.2 Å². The lowest BCUT2D eigenvalue weighted by Crippen LogP contribution is -2.50. The molecule has 31 heavy (non-hydrogen) atoms. The fraction of sp³-hybridized carbons (Fsp3) is 0.450.